The molecule has 0 saturated heterocycles. The largest absolute Gasteiger partial charge is 0.493 e. The van der Waals surface area contributed by atoms with Crippen molar-refractivity contribution in [2.75, 3.05) is 45.9 Å². The third-order valence-corrected chi connectivity index (χ3v) is 3.70. The maximum Gasteiger partial charge on any atom is 0.237 e. The Hall–Kier alpha value is -2.91. The molecule has 3 aromatic rings. The van der Waals surface area contributed by atoms with Gasteiger partial charge in [0, 0.05) is 30.4 Å². The van der Waals surface area contributed by atoms with Gasteiger partial charge in [0.1, 0.15) is 12.1 Å². The quantitative estimate of drug-likeness (QED) is 0.550. The monoisotopic (exact) mass is 359 g/mol. The molecule has 1 aromatic carbocycles. The second-order valence-corrected chi connectivity index (χ2v) is 5.33. The third-order valence-electron chi connectivity index (χ3n) is 3.70. The number of aromatic nitrogens is 4. The lowest BCUT2D eigenvalue weighted by Crippen LogP contribution is -2.13. The summed E-state index contributed by atoms with van der Waals surface area (Å²) in [4.78, 5) is 13.2. The molecule has 9 heteroatoms. The van der Waals surface area contributed by atoms with Crippen molar-refractivity contribution in [2.24, 2.45) is 0 Å². The van der Waals surface area contributed by atoms with E-state index in [0.717, 1.165) is 5.39 Å². The van der Waals surface area contributed by atoms with E-state index in [1.165, 1.54) is 0 Å². The zero-order chi connectivity index (χ0) is 18.4. The Morgan fingerprint density at radius 2 is 1.92 bits per heavy atom. The number of anilines is 1. The number of aliphatic hydroxyl groups excluding tert-OH is 1. The summed E-state index contributed by atoms with van der Waals surface area (Å²) in [5.41, 5.74) is 0.708. The van der Waals surface area contributed by atoms with Gasteiger partial charge in [0.05, 0.1) is 39.6 Å². The molecule has 0 fully saturated rings. The van der Waals surface area contributed by atoms with Crippen LogP contribution in [0, 0.1) is 0 Å². The molecule has 0 atom stereocenters. The first-order valence-corrected chi connectivity index (χ1v) is 8.11. The molecule has 2 aromatic heterocycles. The Labute approximate surface area is 150 Å². The van der Waals surface area contributed by atoms with Crippen molar-refractivity contribution >= 4 is 16.7 Å². The molecule has 0 bridgehead atoms. The summed E-state index contributed by atoms with van der Waals surface area (Å²) in [6, 6.07) is 3.65. The Morgan fingerprint density at radius 3 is 2.62 bits per heavy atom. The van der Waals surface area contributed by atoms with Crippen LogP contribution in [-0.4, -0.2) is 65.2 Å². The van der Waals surface area contributed by atoms with Gasteiger partial charge in [-0.05, 0) is 6.07 Å². The zero-order valence-corrected chi connectivity index (χ0v) is 14.7. The van der Waals surface area contributed by atoms with E-state index in [1.54, 1.807) is 37.5 Å². The van der Waals surface area contributed by atoms with Crippen molar-refractivity contribution in [3.63, 3.8) is 0 Å². The Balaban J connectivity index is 2.00. The summed E-state index contributed by atoms with van der Waals surface area (Å²) < 4.78 is 17.8. The van der Waals surface area contributed by atoms with Crippen LogP contribution < -0.4 is 14.8 Å². The van der Waals surface area contributed by atoms with Crippen LogP contribution in [0.15, 0.2) is 30.9 Å². The van der Waals surface area contributed by atoms with Crippen LogP contribution in [0.25, 0.3) is 16.9 Å². The molecule has 0 saturated carbocycles. The topological polar surface area (TPSA) is 104 Å². The zero-order valence-electron chi connectivity index (χ0n) is 14.7. The number of aliphatic hydroxyl groups is 1. The van der Waals surface area contributed by atoms with Crippen molar-refractivity contribution in [2.45, 2.75) is 0 Å². The minimum absolute atomic E-state index is 0.00178. The lowest BCUT2D eigenvalue weighted by atomic mass is 10.2. The molecular formula is C17H21N5O4. The van der Waals surface area contributed by atoms with E-state index in [-0.39, 0.29) is 6.61 Å². The average molecular weight is 359 g/mol. The van der Waals surface area contributed by atoms with Gasteiger partial charge in [0.25, 0.3) is 0 Å². The summed E-state index contributed by atoms with van der Waals surface area (Å²) in [5, 5.41) is 12.8. The fourth-order valence-corrected chi connectivity index (χ4v) is 2.48. The lowest BCUT2D eigenvalue weighted by molar-refractivity contribution is 0.0992. The van der Waals surface area contributed by atoms with Crippen LogP contribution in [0.2, 0.25) is 0 Å². The highest BCUT2D eigenvalue weighted by Crippen LogP contribution is 2.34. The highest BCUT2D eigenvalue weighted by atomic mass is 16.5. The van der Waals surface area contributed by atoms with E-state index in [2.05, 4.69) is 20.3 Å². The van der Waals surface area contributed by atoms with E-state index >= 15 is 0 Å². The van der Waals surface area contributed by atoms with Crippen LogP contribution in [-0.2, 0) is 4.74 Å². The van der Waals surface area contributed by atoms with Gasteiger partial charge in [-0.3, -0.25) is 4.57 Å². The van der Waals surface area contributed by atoms with Crippen LogP contribution >= 0.6 is 0 Å². The fraction of sp³-hybridized carbons (Fsp3) is 0.353. The molecule has 26 heavy (non-hydrogen) atoms. The SMILES string of the molecule is COc1cc2nc(-n3ccnc3)nc(NCCOCCO)c2cc1OC. The smallest absolute Gasteiger partial charge is 0.237 e. The second kappa shape index (κ2) is 8.45. The number of nitrogens with zero attached hydrogens (tertiary/aromatic N) is 4. The van der Waals surface area contributed by atoms with Crippen molar-refractivity contribution in [1.82, 2.24) is 19.5 Å². The van der Waals surface area contributed by atoms with E-state index < -0.39 is 0 Å². The predicted octanol–water partition coefficient (Wildman–Crippen LogP) is 1.25. The van der Waals surface area contributed by atoms with Gasteiger partial charge in [0.15, 0.2) is 11.5 Å². The summed E-state index contributed by atoms with van der Waals surface area (Å²) in [6.45, 7) is 1.28. The van der Waals surface area contributed by atoms with Gasteiger partial charge >= 0.3 is 0 Å². The first-order valence-electron chi connectivity index (χ1n) is 8.11. The lowest BCUT2D eigenvalue weighted by Gasteiger charge is -2.14. The first kappa shape index (κ1) is 17.9. The number of ether oxygens (including phenoxy) is 3. The Kier molecular flexibility index (Phi) is 5.82. The molecule has 0 amide bonds. The molecule has 9 nitrogen and oxygen atoms in total. The highest BCUT2D eigenvalue weighted by Gasteiger charge is 2.14. The van der Waals surface area contributed by atoms with E-state index in [1.807, 2.05) is 12.1 Å². The van der Waals surface area contributed by atoms with Gasteiger partial charge in [-0.25, -0.2) is 9.97 Å². The summed E-state index contributed by atoms with van der Waals surface area (Å²) in [7, 11) is 3.17. The number of imidazole rings is 1. The number of rotatable bonds is 9. The van der Waals surface area contributed by atoms with Crippen LogP contribution in [0.1, 0.15) is 0 Å². The molecular weight excluding hydrogens is 338 g/mol. The standard InChI is InChI=1S/C17H21N5O4/c1-24-14-9-12-13(10-15(14)25-2)20-17(22-5-3-18-11-22)21-16(12)19-4-7-26-8-6-23/h3,5,9-11,23H,4,6-8H2,1-2H3,(H,19,20,21). The number of methoxy groups -OCH3 is 2. The van der Waals surface area contributed by atoms with Crippen molar-refractivity contribution in [3.8, 4) is 17.4 Å². The van der Waals surface area contributed by atoms with Gasteiger partial charge in [-0.2, -0.15) is 4.98 Å². The first-order chi connectivity index (χ1) is 12.8. The summed E-state index contributed by atoms with van der Waals surface area (Å²) in [6.07, 6.45) is 5.07. The maximum atomic E-state index is 8.77. The Morgan fingerprint density at radius 1 is 1.12 bits per heavy atom. The van der Waals surface area contributed by atoms with Gasteiger partial charge in [-0.15, -0.1) is 0 Å². The molecule has 0 radical (unpaired) electrons. The van der Waals surface area contributed by atoms with E-state index in [9.17, 15) is 0 Å². The fourth-order valence-electron chi connectivity index (χ4n) is 2.48. The minimum atomic E-state index is -0.00178. The maximum absolute atomic E-state index is 8.77. The average Bonchev–Trinajstić information content (AvgIpc) is 3.21. The number of benzene rings is 1. The molecule has 2 heterocycles. The van der Waals surface area contributed by atoms with E-state index in [4.69, 9.17) is 19.3 Å². The molecule has 0 unspecified atom stereocenters. The van der Waals surface area contributed by atoms with Crippen molar-refractivity contribution < 1.29 is 19.3 Å². The summed E-state index contributed by atoms with van der Waals surface area (Å²) >= 11 is 0. The third kappa shape index (κ3) is 3.84. The number of fused-ring (bicyclic) bond motifs is 1. The molecule has 138 valence electrons. The highest BCUT2D eigenvalue weighted by molar-refractivity contribution is 5.92. The summed E-state index contributed by atoms with van der Waals surface area (Å²) in [5.74, 6) is 2.32. The van der Waals surface area contributed by atoms with Crippen LogP contribution in [0.3, 0.4) is 0 Å². The molecule has 3 rings (SSSR count). The van der Waals surface area contributed by atoms with Crippen molar-refractivity contribution in [1.29, 1.82) is 0 Å². The van der Waals surface area contributed by atoms with Crippen LogP contribution in [0.4, 0.5) is 5.82 Å². The number of hydrogen-bond acceptors (Lipinski definition) is 8. The molecule has 0 aliphatic rings. The molecule has 0 spiro atoms. The van der Waals surface area contributed by atoms with Crippen LogP contribution in [0.5, 0.6) is 11.5 Å². The number of nitrogens with one attached hydrogen (secondary N) is 1. The normalized spacial score (nSPS) is 10.9. The van der Waals surface area contributed by atoms with Crippen molar-refractivity contribution in [3.05, 3.63) is 30.9 Å². The van der Waals surface area contributed by atoms with Gasteiger partial charge in [-0.1, -0.05) is 0 Å². The van der Waals surface area contributed by atoms with Gasteiger partial charge in [0.2, 0.25) is 5.95 Å². The number of hydrogen-bond donors (Lipinski definition) is 2. The van der Waals surface area contributed by atoms with Gasteiger partial charge < -0.3 is 24.6 Å². The predicted molar refractivity (Wildman–Crippen MR) is 96.2 cm³/mol. The van der Waals surface area contributed by atoms with E-state index in [0.29, 0.717) is 48.5 Å². The molecule has 2 N–H and O–H groups in total. The molecule has 0 aliphatic carbocycles. The second-order valence-electron chi connectivity index (χ2n) is 5.33. The minimum Gasteiger partial charge on any atom is -0.493 e. The Bertz CT molecular complexity index is 854. The molecule has 0 aliphatic heterocycles.